The molecular weight excluding hydrogens is 613 g/mol. The van der Waals surface area contributed by atoms with E-state index in [1.54, 1.807) is 36.4 Å². The van der Waals surface area contributed by atoms with Gasteiger partial charge in [0.05, 0.1) is 10.6 Å². The summed E-state index contributed by atoms with van der Waals surface area (Å²) in [4.78, 5) is 29.5. The van der Waals surface area contributed by atoms with Crippen LogP contribution in [0.15, 0.2) is 108 Å². The summed E-state index contributed by atoms with van der Waals surface area (Å²) in [6, 6.07) is 26.4. The highest BCUT2D eigenvalue weighted by atomic mass is 35.5. The summed E-state index contributed by atoms with van der Waals surface area (Å²) >= 11 is 6.03. The van der Waals surface area contributed by atoms with Gasteiger partial charge in [0.1, 0.15) is 18.4 Å². The predicted molar refractivity (Wildman–Crippen MR) is 176 cm³/mol. The number of hydrogen-bond acceptors (Lipinski definition) is 4. The smallest absolute Gasteiger partial charge is 0.264 e. The molecule has 0 spiro atoms. The van der Waals surface area contributed by atoms with E-state index in [1.807, 2.05) is 57.2 Å². The Hall–Kier alpha value is -4.21. The van der Waals surface area contributed by atoms with E-state index in [0.717, 1.165) is 15.4 Å². The van der Waals surface area contributed by atoms with E-state index < -0.39 is 40.2 Å². The quantitative estimate of drug-likeness (QED) is 0.178. The van der Waals surface area contributed by atoms with Crippen LogP contribution in [0.2, 0.25) is 5.02 Å². The maximum atomic E-state index is 15.0. The van der Waals surface area contributed by atoms with Crippen molar-refractivity contribution in [2.75, 3.05) is 10.8 Å². The monoisotopic (exact) mass is 649 g/mol. The maximum absolute atomic E-state index is 15.0. The summed E-state index contributed by atoms with van der Waals surface area (Å²) in [6.07, 6.45) is 0.795. The van der Waals surface area contributed by atoms with Crippen molar-refractivity contribution < 1.29 is 22.4 Å². The highest BCUT2D eigenvalue weighted by Gasteiger charge is 2.35. The van der Waals surface area contributed by atoms with Crippen LogP contribution in [0.1, 0.15) is 37.0 Å². The highest BCUT2D eigenvalue weighted by molar-refractivity contribution is 7.92. The van der Waals surface area contributed by atoms with E-state index in [9.17, 15) is 18.0 Å². The van der Waals surface area contributed by atoms with Crippen molar-refractivity contribution in [2.24, 2.45) is 0 Å². The third-order valence-electron chi connectivity index (χ3n) is 7.54. The average Bonchev–Trinajstić information content (AvgIpc) is 3.02. The Kier molecular flexibility index (Phi) is 11.4. The lowest BCUT2D eigenvalue weighted by atomic mass is 10.0. The maximum Gasteiger partial charge on any atom is 0.264 e. The lowest BCUT2D eigenvalue weighted by Gasteiger charge is -2.34. The van der Waals surface area contributed by atoms with Crippen LogP contribution in [0.5, 0.6) is 0 Å². The van der Waals surface area contributed by atoms with Crippen molar-refractivity contribution >= 4 is 39.1 Å². The molecule has 7 nitrogen and oxygen atoms in total. The zero-order valence-corrected chi connectivity index (χ0v) is 27.1. The molecule has 4 aromatic carbocycles. The van der Waals surface area contributed by atoms with E-state index in [-0.39, 0.29) is 35.2 Å². The zero-order valence-electron chi connectivity index (χ0n) is 25.5. The first-order valence-electron chi connectivity index (χ1n) is 14.7. The fourth-order valence-electron chi connectivity index (χ4n) is 4.85. The lowest BCUT2D eigenvalue weighted by Crippen LogP contribution is -2.54. The molecule has 4 aromatic rings. The number of nitrogens with zero attached hydrogens (tertiary/aromatic N) is 2. The first kappa shape index (κ1) is 33.7. The minimum Gasteiger partial charge on any atom is -0.352 e. The van der Waals surface area contributed by atoms with E-state index in [4.69, 9.17) is 11.6 Å². The predicted octanol–water partition coefficient (Wildman–Crippen LogP) is 6.54. The summed E-state index contributed by atoms with van der Waals surface area (Å²) < 4.78 is 44.2. The molecule has 0 saturated carbocycles. The Morgan fingerprint density at radius 2 is 1.58 bits per heavy atom. The number of benzene rings is 4. The lowest BCUT2D eigenvalue weighted by molar-refractivity contribution is -0.140. The summed E-state index contributed by atoms with van der Waals surface area (Å²) in [7, 11) is -4.27. The first-order chi connectivity index (χ1) is 21.5. The van der Waals surface area contributed by atoms with Crippen molar-refractivity contribution in [3.63, 3.8) is 0 Å². The number of sulfonamides is 1. The van der Waals surface area contributed by atoms with Crippen molar-refractivity contribution in [1.82, 2.24) is 10.2 Å². The topological polar surface area (TPSA) is 86.8 Å². The number of carbonyl (C=O) groups is 2. The molecule has 0 aliphatic rings. The van der Waals surface area contributed by atoms with Crippen LogP contribution in [0, 0.1) is 12.7 Å². The largest absolute Gasteiger partial charge is 0.352 e. The van der Waals surface area contributed by atoms with E-state index in [2.05, 4.69) is 5.32 Å². The number of aryl methyl sites for hydroxylation is 1. The summed E-state index contributed by atoms with van der Waals surface area (Å²) in [5.41, 5.74) is 2.04. The fourth-order valence-corrected chi connectivity index (χ4v) is 6.38. The van der Waals surface area contributed by atoms with Gasteiger partial charge in [0.2, 0.25) is 11.8 Å². The average molecular weight is 650 g/mol. The number of carbonyl (C=O) groups excluding carboxylic acids is 2. The van der Waals surface area contributed by atoms with E-state index in [0.29, 0.717) is 11.4 Å². The Balaban J connectivity index is 1.82. The summed E-state index contributed by atoms with van der Waals surface area (Å²) in [6.45, 7) is 4.72. The van der Waals surface area contributed by atoms with Gasteiger partial charge in [0.25, 0.3) is 10.0 Å². The van der Waals surface area contributed by atoms with E-state index in [1.165, 1.54) is 35.2 Å². The summed E-state index contributed by atoms with van der Waals surface area (Å²) in [5.74, 6) is -1.63. The molecule has 1 N–H and O–H groups in total. The number of hydrogen-bond donors (Lipinski definition) is 1. The fraction of sp³-hybridized carbons (Fsp3) is 0.257. The Labute approximate surface area is 269 Å². The molecule has 2 unspecified atom stereocenters. The van der Waals surface area contributed by atoms with Crippen molar-refractivity contribution in [2.45, 2.75) is 57.1 Å². The van der Waals surface area contributed by atoms with Gasteiger partial charge in [-0.15, -0.1) is 0 Å². The SMILES string of the molecule is CCC(C)NC(=O)C(Cc1ccccc1)N(Cc1ccccc1F)C(=O)CN(c1cccc(C)c1)S(=O)(=O)c1ccc(Cl)cc1. The number of halogens is 2. The van der Waals surface area contributed by atoms with Crippen LogP contribution in [-0.2, 0) is 32.6 Å². The van der Waals surface area contributed by atoms with E-state index >= 15 is 4.39 Å². The molecule has 0 heterocycles. The molecule has 0 radical (unpaired) electrons. The molecule has 4 rings (SSSR count). The van der Waals surface area contributed by atoms with Crippen LogP contribution in [0.25, 0.3) is 0 Å². The van der Waals surface area contributed by atoms with Crippen molar-refractivity contribution in [1.29, 1.82) is 0 Å². The molecule has 2 atom stereocenters. The van der Waals surface area contributed by atoms with Crippen molar-refractivity contribution in [3.8, 4) is 0 Å². The van der Waals surface area contributed by atoms with Gasteiger partial charge in [-0.1, -0.05) is 79.2 Å². The van der Waals surface area contributed by atoms with Gasteiger partial charge in [-0.3, -0.25) is 13.9 Å². The molecule has 10 heteroatoms. The first-order valence-corrected chi connectivity index (χ1v) is 16.5. The molecule has 0 saturated heterocycles. The minimum absolute atomic E-state index is 0.0581. The standard InChI is InChI=1S/C35H37ClFN3O4S/c1-4-26(3)38-35(42)33(22-27-12-6-5-7-13-27)39(23-28-14-8-9-16-32(28)37)34(41)24-40(30-15-10-11-25(2)21-30)45(43,44)31-19-17-29(36)18-20-31/h5-21,26,33H,4,22-24H2,1-3H3,(H,38,42). The second kappa shape index (κ2) is 15.2. The van der Waals surface area contributed by atoms with Crippen LogP contribution in [-0.4, -0.2) is 43.8 Å². The molecule has 45 heavy (non-hydrogen) atoms. The molecule has 0 bridgehead atoms. The van der Waals surface area contributed by atoms with Crippen LogP contribution in [0.3, 0.4) is 0 Å². The van der Waals surface area contributed by atoms with Gasteiger partial charge in [-0.2, -0.15) is 0 Å². The van der Waals surface area contributed by atoms with Gasteiger partial charge >= 0.3 is 0 Å². The number of rotatable bonds is 13. The summed E-state index contributed by atoms with van der Waals surface area (Å²) in [5, 5.41) is 3.33. The molecular formula is C35H37ClFN3O4S. The molecule has 0 fully saturated rings. The van der Waals surface area contributed by atoms with Crippen LogP contribution < -0.4 is 9.62 Å². The Morgan fingerprint density at radius 1 is 0.911 bits per heavy atom. The molecule has 0 aromatic heterocycles. The van der Waals surface area contributed by atoms with Crippen LogP contribution in [0.4, 0.5) is 10.1 Å². The second-order valence-corrected chi connectivity index (χ2v) is 13.2. The van der Waals surface area contributed by atoms with Gasteiger partial charge in [-0.25, -0.2) is 12.8 Å². The normalized spacial score (nSPS) is 12.6. The van der Waals surface area contributed by atoms with Gasteiger partial charge in [0.15, 0.2) is 0 Å². The minimum atomic E-state index is -4.27. The molecule has 0 aliphatic heterocycles. The molecule has 0 aliphatic carbocycles. The second-order valence-electron chi connectivity index (χ2n) is 10.9. The van der Waals surface area contributed by atoms with Gasteiger partial charge in [-0.05, 0) is 73.9 Å². The zero-order chi connectivity index (χ0) is 32.6. The number of anilines is 1. The molecule has 2 amide bonds. The third kappa shape index (κ3) is 8.71. The number of amides is 2. The van der Waals surface area contributed by atoms with Crippen LogP contribution >= 0.6 is 11.6 Å². The van der Waals surface area contributed by atoms with Crippen molar-refractivity contribution in [3.05, 3.63) is 131 Å². The third-order valence-corrected chi connectivity index (χ3v) is 9.58. The molecule has 236 valence electrons. The Morgan fingerprint density at radius 3 is 2.22 bits per heavy atom. The highest BCUT2D eigenvalue weighted by Crippen LogP contribution is 2.27. The Bertz CT molecular complexity index is 1720. The van der Waals surface area contributed by atoms with Gasteiger partial charge in [0, 0.05) is 29.6 Å². The number of nitrogens with one attached hydrogen (secondary N) is 1. The van der Waals surface area contributed by atoms with Gasteiger partial charge < -0.3 is 10.2 Å².